The number of nitrogens with zero attached hydrogens (tertiary/aromatic N) is 4. The predicted molar refractivity (Wildman–Crippen MR) is 121 cm³/mol. The van der Waals surface area contributed by atoms with Crippen LogP contribution < -0.4 is 10.6 Å². The smallest absolute Gasteiger partial charge is 0.355 e. The van der Waals surface area contributed by atoms with E-state index < -0.39 is 11.7 Å². The van der Waals surface area contributed by atoms with Gasteiger partial charge in [-0.15, -0.1) is 0 Å². The molecule has 9 heteroatoms. The second-order valence-electron chi connectivity index (χ2n) is 8.43. The molecule has 2 aromatic heterocycles. The fraction of sp³-hybridized carbons (Fsp3) is 0.292. The van der Waals surface area contributed by atoms with Gasteiger partial charge in [-0.1, -0.05) is 36.4 Å². The maximum Gasteiger partial charge on any atom is 0.416 e. The number of aromatic nitrogens is 4. The lowest BCUT2D eigenvalue weighted by Crippen LogP contribution is -2.47. The predicted octanol–water partition coefficient (Wildman–Crippen LogP) is 4.54. The highest BCUT2D eigenvalue weighted by molar-refractivity contribution is 5.82. The van der Waals surface area contributed by atoms with E-state index in [1.54, 1.807) is 6.33 Å². The third-order valence-corrected chi connectivity index (χ3v) is 6.63. The van der Waals surface area contributed by atoms with Crippen molar-refractivity contribution >= 4 is 17.0 Å². The van der Waals surface area contributed by atoms with Gasteiger partial charge in [-0.3, -0.25) is 0 Å². The Kier molecular flexibility index (Phi) is 5.28. The van der Waals surface area contributed by atoms with Crippen LogP contribution in [-0.4, -0.2) is 39.6 Å². The molecule has 0 saturated carbocycles. The fourth-order valence-electron chi connectivity index (χ4n) is 4.63. The van der Waals surface area contributed by atoms with Gasteiger partial charge in [0.2, 0.25) is 0 Å². The van der Waals surface area contributed by atoms with E-state index in [4.69, 9.17) is 5.73 Å². The highest BCUT2D eigenvalue weighted by atomic mass is 19.4. The van der Waals surface area contributed by atoms with Gasteiger partial charge in [-0.2, -0.15) is 13.2 Å². The molecule has 3 N–H and O–H groups in total. The highest BCUT2D eigenvalue weighted by Gasteiger charge is 2.36. The van der Waals surface area contributed by atoms with Crippen LogP contribution in [0.2, 0.25) is 0 Å². The van der Waals surface area contributed by atoms with Crippen LogP contribution in [0.15, 0.2) is 61.2 Å². The zero-order chi connectivity index (χ0) is 23.1. The van der Waals surface area contributed by atoms with Crippen molar-refractivity contribution < 1.29 is 13.2 Å². The van der Waals surface area contributed by atoms with Crippen molar-refractivity contribution in [3.63, 3.8) is 0 Å². The first-order chi connectivity index (χ1) is 15.9. The summed E-state index contributed by atoms with van der Waals surface area (Å²) >= 11 is 0. The molecule has 0 amide bonds. The van der Waals surface area contributed by atoms with Gasteiger partial charge >= 0.3 is 6.18 Å². The molecule has 6 nitrogen and oxygen atoms in total. The first-order valence-corrected chi connectivity index (χ1v) is 10.8. The molecule has 0 atom stereocenters. The fourth-order valence-corrected chi connectivity index (χ4v) is 4.63. The van der Waals surface area contributed by atoms with Gasteiger partial charge in [-0.25, -0.2) is 15.0 Å². The topological polar surface area (TPSA) is 83.7 Å². The average molecular weight is 452 g/mol. The average Bonchev–Trinajstić information content (AvgIpc) is 3.33. The minimum absolute atomic E-state index is 0.210. The Labute approximate surface area is 188 Å². The summed E-state index contributed by atoms with van der Waals surface area (Å²) in [5, 5.41) is 0. The van der Waals surface area contributed by atoms with E-state index >= 15 is 0 Å². The molecule has 1 saturated heterocycles. The Morgan fingerprint density at radius 3 is 2.42 bits per heavy atom. The number of rotatable bonds is 4. The van der Waals surface area contributed by atoms with Crippen LogP contribution in [0.5, 0.6) is 0 Å². The molecule has 4 aromatic rings. The lowest BCUT2D eigenvalue weighted by atomic mass is 9.72. The van der Waals surface area contributed by atoms with Gasteiger partial charge < -0.3 is 15.6 Å². The van der Waals surface area contributed by atoms with Crippen molar-refractivity contribution in [2.75, 3.05) is 24.5 Å². The SMILES string of the molecule is NCC1(c2cccc(-c3ccc(C(F)(F)F)cc3)c2)CCN(c2ncnc3nc[nH]c23)CC1. The summed E-state index contributed by atoms with van der Waals surface area (Å²) in [5.41, 5.74) is 9.64. The van der Waals surface area contributed by atoms with E-state index in [9.17, 15) is 13.2 Å². The van der Waals surface area contributed by atoms with Crippen LogP contribution in [0.4, 0.5) is 19.0 Å². The molecular formula is C24H23F3N6. The molecule has 1 aliphatic rings. The van der Waals surface area contributed by atoms with E-state index in [2.05, 4.69) is 37.0 Å². The van der Waals surface area contributed by atoms with E-state index in [-0.39, 0.29) is 5.41 Å². The number of nitrogens with one attached hydrogen (secondary N) is 1. The highest BCUT2D eigenvalue weighted by Crippen LogP contribution is 2.38. The van der Waals surface area contributed by atoms with E-state index in [0.29, 0.717) is 12.2 Å². The summed E-state index contributed by atoms with van der Waals surface area (Å²) in [7, 11) is 0. The molecule has 170 valence electrons. The van der Waals surface area contributed by atoms with Gasteiger partial charge in [0.05, 0.1) is 11.9 Å². The van der Waals surface area contributed by atoms with E-state index in [0.717, 1.165) is 66.1 Å². The first-order valence-electron chi connectivity index (χ1n) is 10.8. The third kappa shape index (κ3) is 3.93. The van der Waals surface area contributed by atoms with Gasteiger partial charge in [0.25, 0.3) is 0 Å². The molecule has 1 aliphatic heterocycles. The molecule has 1 fully saturated rings. The second kappa shape index (κ2) is 8.15. The summed E-state index contributed by atoms with van der Waals surface area (Å²) in [6.07, 6.45) is 0.461. The third-order valence-electron chi connectivity index (χ3n) is 6.63. The quantitative estimate of drug-likeness (QED) is 0.475. The number of fused-ring (bicyclic) bond motifs is 1. The lowest BCUT2D eigenvalue weighted by molar-refractivity contribution is -0.137. The number of hydrogen-bond acceptors (Lipinski definition) is 5. The number of alkyl halides is 3. The Balaban J connectivity index is 1.39. The second-order valence-corrected chi connectivity index (χ2v) is 8.43. The van der Waals surface area contributed by atoms with Gasteiger partial charge in [0.15, 0.2) is 11.5 Å². The minimum Gasteiger partial charge on any atom is -0.355 e. The molecule has 5 rings (SSSR count). The number of halogens is 3. The summed E-state index contributed by atoms with van der Waals surface area (Å²) in [4.78, 5) is 18.2. The maximum absolute atomic E-state index is 12.9. The van der Waals surface area contributed by atoms with Crippen molar-refractivity contribution in [3.05, 3.63) is 72.3 Å². The number of imidazole rings is 1. The van der Waals surface area contributed by atoms with Crippen LogP contribution >= 0.6 is 0 Å². The molecule has 3 heterocycles. The maximum atomic E-state index is 12.9. The summed E-state index contributed by atoms with van der Waals surface area (Å²) < 4.78 is 38.7. The summed E-state index contributed by atoms with van der Waals surface area (Å²) in [5.74, 6) is 0.835. The van der Waals surface area contributed by atoms with Gasteiger partial charge in [0.1, 0.15) is 11.8 Å². The monoisotopic (exact) mass is 452 g/mol. The molecule has 0 spiro atoms. The zero-order valence-corrected chi connectivity index (χ0v) is 17.8. The molecule has 2 aromatic carbocycles. The van der Waals surface area contributed by atoms with Crippen molar-refractivity contribution in [2.45, 2.75) is 24.4 Å². The molecule has 33 heavy (non-hydrogen) atoms. The van der Waals surface area contributed by atoms with Crippen LogP contribution in [0.1, 0.15) is 24.0 Å². The van der Waals surface area contributed by atoms with Gasteiger partial charge in [-0.05, 0) is 41.7 Å². The number of benzene rings is 2. The van der Waals surface area contributed by atoms with E-state index in [1.807, 2.05) is 12.1 Å². The molecule has 0 bridgehead atoms. The Morgan fingerprint density at radius 1 is 0.970 bits per heavy atom. The molecule has 0 aliphatic carbocycles. The number of nitrogens with two attached hydrogens (primary N) is 1. The van der Waals surface area contributed by atoms with Crippen molar-refractivity contribution in [1.82, 2.24) is 19.9 Å². The lowest BCUT2D eigenvalue weighted by Gasteiger charge is -2.42. The van der Waals surface area contributed by atoms with Crippen molar-refractivity contribution in [3.8, 4) is 11.1 Å². The number of piperidine rings is 1. The number of hydrogen-bond donors (Lipinski definition) is 2. The number of H-pyrrole nitrogens is 1. The Morgan fingerprint density at radius 2 is 1.73 bits per heavy atom. The zero-order valence-electron chi connectivity index (χ0n) is 17.8. The molecule has 0 unspecified atom stereocenters. The van der Waals surface area contributed by atoms with Crippen LogP contribution in [0, 0.1) is 0 Å². The first kappa shape index (κ1) is 21.4. The van der Waals surface area contributed by atoms with E-state index in [1.165, 1.54) is 18.5 Å². The minimum atomic E-state index is -4.34. The normalized spacial score (nSPS) is 16.3. The molecular weight excluding hydrogens is 429 g/mol. The Hall–Kier alpha value is -3.46. The standard InChI is InChI=1S/C24H23F3N6/c25-24(26,27)18-6-4-16(5-7-18)17-2-1-3-19(12-17)23(13-28)8-10-33(11-9-23)22-20-21(30-14-29-20)31-15-32-22/h1-7,12,14-15H,8-11,13,28H2,(H,29,30,31,32). The summed E-state index contributed by atoms with van der Waals surface area (Å²) in [6.45, 7) is 2.03. The van der Waals surface area contributed by atoms with Gasteiger partial charge in [0, 0.05) is 25.0 Å². The number of anilines is 1. The summed E-state index contributed by atoms with van der Waals surface area (Å²) in [6, 6.07) is 13.3. The Bertz CT molecular complexity index is 1260. The van der Waals surface area contributed by atoms with Crippen molar-refractivity contribution in [1.29, 1.82) is 0 Å². The molecule has 0 radical (unpaired) electrons. The van der Waals surface area contributed by atoms with Crippen LogP contribution in [0.25, 0.3) is 22.3 Å². The van der Waals surface area contributed by atoms with Crippen molar-refractivity contribution in [2.24, 2.45) is 5.73 Å². The van der Waals surface area contributed by atoms with Crippen LogP contribution in [-0.2, 0) is 11.6 Å². The van der Waals surface area contributed by atoms with Crippen LogP contribution in [0.3, 0.4) is 0 Å². The largest absolute Gasteiger partial charge is 0.416 e. The number of aromatic amines is 1.